The normalized spacial score (nSPS) is 17.6. The number of thioether (sulfide) groups is 1. The number of esters is 1. The predicted octanol–water partition coefficient (Wildman–Crippen LogP) is 6.17. The van der Waals surface area contributed by atoms with E-state index < -0.39 is 28.5 Å². The second-order valence-corrected chi connectivity index (χ2v) is 9.66. The molecule has 11 heteroatoms. The molecule has 0 N–H and O–H groups in total. The Balaban J connectivity index is 1.96. The van der Waals surface area contributed by atoms with Crippen LogP contribution in [0.5, 0.6) is 5.75 Å². The second kappa shape index (κ2) is 9.50. The van der Waals surface area contributed by atoms with Crippen LogP contribution in [0.25, 0.3) is 5.69 Å². The largest absolute Gasteiger partial charge is 0.496 e. The van der Waals surface area contributed by atoms with E-state index in [0.717, 1.165) is 10.1 Å². The van der Waals surface area contributed by atoms with E-state index in [1.54, 1.807) is 32.0 Å². The number of rotatable bonds is 5. The number of carbonyl (C=O) groups is 1. The molecule has 6 nitrogen and oxygen atoms in total. The Bertz CT molecular complexity index is 1220. The second-order valence-electron chi connectivity index (χ2n) is 7.91. The van der Waals surface area contributed by atoms with Crippen molar-refractivity contribution in [2.24, 2.45) is 0 Å². The number of fused-ring (bicyclic) bond motifs is 3. The maximum Gasteiger partial charge on any atom is 0.452 e. The maximum atomic E-state index is 13.9. The zero-order chi connectivity index (χ0) is 24.6. The zero-order valence-corrected chi connectivity index (χ0v) is 20.0. The van der Waals surface area contributed by atoms with Crippen LogP contribution in [-0.2, 0) is 15.7 Å². The molecule has 4 rings (SSSR count). The standard InChI is InChI=1S/C23H21ClF3N3O3S/c1-12(2)33-19(31)11-18-21-28-29-22(23(25,26)27)30(21)16-9-8-13(24)10-15(16)20(34-18)14-6-4-5-7-17(14)32-3/h4-10,12,18,20H,11H2,1-3H3/t18-,20-/m0/s1. The molecule has 1 aliphatic rings. The van der Waals surface area contributed by atoms with Gasteiger partial charge in [0.05, 0.1) is 35.8 Å². The molecule has 3 aromatic rings. The Kier molecular flexibility index (Phi) is 6.82. The first kappa shape index (κ1) is 24.4. The lowest BCUT2D eigenvalue weighted by atomic mass is 10.0. The van der Waals surface area contributed by atoms with Crippen molar-refractivity contribution in [1.29, 1.82) is 0 Å². The Morgan fingerprint density at radius 2 is 1.91 bits per heavy atom. The fraction of sp³-hybridized carbons (Fsp3) is 0.348. The quantitative estimate of drug-likeness (QED) is 0.382. The number of carbonyl (C=O) groups excluding carboxylic acids is 1. The lowest BCUT2D eigenvalue weighted by molar-refractivity contribution is -0.147. The lowest BCUT2D eigenvalue weighted by Gasteiger charge is -2.23. The van der Waals surface area contributed by atoms with Crippen molar-refractivity contribution in [3.8, 4) is 11.4 Å². The van der Waals surface area contributed by atoms with Crippen LogP contribution in [0.3, 0.4) is 0 Å². The topological polar surface area (TPSA) is 66.2 Å². The molecule has 0 radical (unpaired) electrons. The molecule has 0 bridgehead atoms. The Morgan fingerprint density at radius 3 is 2.59 bits per heavy atom. The first-order valence-corrected chi connectivity index (χ1v) is 11.7. The Hall–Kier alpha value is -2.72. The van der Waals surface area contributed by atoms with E-state index in [0.29, 0.717) is 16.3 Å². The van der Waals surface area contributed by atoms with Crippen molar-refractivity contribution >= 4 is 29.3 Å². The summed E-state index contributed by atoms with van der Waals surface area (Å²) in [4.78, 5) is 12.6. The first-order chi connectivity index (χ1) is 16.1. The summed E-state index contributed by atoms with van der Waals surface area (Å²) >= 11 is 7.57. The van der Waals surface area contributed by atoms with Gasteiger partial charge in [-0.05, 0) is 43.7 Å². The number of para-hydroxylation sites is 1. The van der Waals surface area contributed by atoms with Gasteiger partial charge in [0.15, 0.2) is 5.82 Å². The molecule has 0 saturated carbocycles. The molecule has 1 aliphatic heterocycles. The molecule has 0 saturated heterocycles. The van der Waals surface area contributed by atoms with E-state index >= 15 is 0 Å². The van der Waals surface area contributed by atoms with Gasteiger partial charge in [0.1, 0.15) is 5.75 Å². The van der Waals surface area contributed by atoms with Crippen LogP contribution in [0.1, 0.15) is 53.5 Å². The maximum absolute atomic E-state index is 13.9. The third-order valence-electron chi connectivity index (χ3n) is 5.18. The van der Waals surface area contributed by atoms with Crippen molar-refractivity contribution in [2.45, 2.75) is 43.0 Å². The van der Waals surface area contributed by atoms with Gasteiger partial charge in [0.25, 0.3) is 0 Å². The van der Waals surface area contributed by atoms with Crippen LogP contribution in [0.2, 0.25) is 5.02 Å². The number of methoxy groups -OCH3 is 1. The summed E-state index contributed by atoms with van der Waals surface area (Å²) in [6.07, 6.45) is -5.32. The highest BCUT2D eigenvalue weighted by Gasteiger charge is 2.43. The molecule has 2 heterocycles. The number of hydrogen-bond donors (Lipinski definition) is 0. The molecule has 0 amide bonds. The van der Waals surface area contributed by atoms with Crippen molar-refractivity contribution in [2.75, 3.05) is 7.11 Å². The van der Waals surface area contributed by atoms with Gasteiger partial charge in [-0.25, -0.2) is 0 Å². The summed E-state index contributed by atoms with van der Waals surface area (Å²) in [5.74, 6) is -1.14. The molecular formula is C23H21ClF3N3O3S. The average Bonchev–Trinajstić information content (AvgIpc) is 3.17. The van der Waals surface area contributed by atoms with Gasteiger partial charge in [-0.2, -0.15) is 13.2 Å². The van der Waals surface area contributed by atoms with Crippen molar-refractivity contribution in [3.63, 3.8) is 0 Å². The van der Waals surface area contributed by atoms with Crippen LogP contribution >= 0.6 is 23.4 Å². The van der Waals surface area contributed by atoms with Crippen LogP contribution in [0.15, 0.2) is 42.5 Å². The molecule has 2 aromatic carbocycles. The van der Waals surface area contributed by atoms with Gasteiger partial charge >= 0.3 is 12.1 Å². The van der Waals surface area contributed by atoms with Crippen LogP contribution in [0.4, 0.5) is 13.2 Å². The number of halogens is 4. The molecular weight excluding hydrogens is 491 g/mol. The van der Waals surface area contributed by atoms with Gasteiger partial charge in [-0.3, -0.25) is 9.36 Å². The van der Waals surface area contributed by atoms with Gasteiger partial charge in [-0.15, -0.1) is 22.0 Å². The minimum absolute atomic E-state index is 0.0130. The minimum atomic E-state index is -4.76. The number of benzene rings is 2. The number of alkyl halides is 3. The Morgan fingerprint density at radius 1 is 1.18 bits per heavy atom. The first-order valence-electron chi connectivity index (χ1n) is 10.4. The van der Waals surface area contributed by atoms with Crippen LogP contribution in [0, 0.1) is 0 Å². The van der Waals surface area contributed by atoms with Gasteiger partial charge < -0.3 is 9.47 Å². The number of hydrogen-bond acceptors (Lipinski definition) is 6. The van der Waals surface area contributed by atoms with Crippen LogP contribution < -0.4 is 4.74 Å². The van der Waals surface area contributed by atoms with Crippen LogP contribution in [-0.4, -0.2) is 33.9 Å². The smallest absolute Gasteiger partial charge is 0.452 e. The summed E-state index contributed by atoms with van der Waals surface area (Å²) in [5, 5.41) is 6.41. The highest BCUT2D eigenvalue weighted by molar-refractivity contribution is 8.00. The molecule has 2 atom stereocenters. The number of aromatic nitrogens is 3. The molecule has 0 aliphatic carbocycles. The van der Waals surface area contributed by atoms with Gasteiger partial charge in [0.2, 0.25) is 5.82 Å². The number of ether oxygens (including phenoxy) is 2. The highest BCUT2D eigenvalue weighted by atomic mass is 35.5. The third-order valence-corrected chi connectivity index (χ3v) is 6.90. The van der Waals surface area contributed by atoms with E-state index in [4.69, 9.17) is 21.1 Å². The van der Waals surface area contributed by atoms with Crippen molar-refractivity contribution < 1.29 is 27.4 Å². The van der Waals surface area contributed by atoms with E-state index in [1.165, 1.54) is 31.0 Å². The zero-order valence-electron chi connectivity index (χ0n) is 18.5. The SMILES string of the molecule is COc1ccccc1[C@@H]1S[C@@H](CC(=O)OC(C)C)c2nnc(C(F)(F)F)n2-c2ccc(Cl)cc21. The fourth-order valence-corrected chi connectivity index (χ4v) is 5.58. The molecule has 34 heavy (non-hydrogen) atoms. The minimum Gasteiger partial charge on any atom is -0.496 e. The molecule has 0 unspecified atom stereocenters. The summed E-state index contributed by atoms with van der Waals surface area (Å²) in [7, 11) is 1.52. The molecule has 0 spiro atoms. The number of nitrogens with zero attached hydrogens (tertiary/aromatic N) is 3. The van der Waals surface area contributed by atoms with E-state index in [9.17, 15) is 18.0 Å². The molecule has 1 aromatic heterocycles. The predicted molar refractivity (Wildman–Crippen MR) is 122 cm³/mol. The third kappa shape index (κ3) is 4.74. The monoisotopic (exact) mass is 511 g/mol. The average molecular weight is 512 g/mol. The van der Waals surface area contributed by atoms with E-state index in [2.05, 4.69) is 10.2 Å². The summed E-state index contributed by atoms with van der Waals surface area (Å²) in [6, 6.07) is 11.9. The summed E-state index contributed by atoms with van der Waals surface area (Å²) in [6.45, 7) is 3.41. The van der Waals surface area contributed by atoms with Crippen molar-refractivity contribution in [3.05, 3.63) is 70.3 Å². The van der Waals surface area contributed by atoms with Gasteiger partial charge in [-0.1, -0.05) is 29.8 Å². The van der Waals surface area contributed by atoms with E-state index in [1.807, 2.05) is 12.1 Å². The van der Waals surface area contributed by atoms with E-state index in [-0.39, 0.29) is 24.0 Å². The molecule has 180 valence electrons. The van der Waals surface area contributed by atoms with Crippen molar-refractivity contribution in [1.82, 2.24) is 14.8 Å². The fourth-order valence-electron chi connectivity index (χ4n) is 3.89. The lowest BCUT2D eigenvalue weighted by Crippen LogP contribution is -2.18. The van der Waals surface area contributed by atoms with Gasteiger partial charge in [0, 0.05) is 10.6 Å². The Labute approximate surface area is 203 Å². The molecule has 0 fully saturated rings. The summed E-state index contributed by atoms with van der Waals surface area (Å²) in [5.41, 5.74) is 1.49. The summed E-state index contributed by atoms with van der Waals surface area (Å²) < 4.78 is 53.6. The highest BCUT2D eigenvalue weighted by Crippen LogP contribution is 2.53.